The molecular weight excluding hydrogens is 536 g/mol. The molecule has 1 unspecified atom stereocenters. The molecule has 4 rings (SSSR count). The van der Waals surface area contributed by atoms with Gasteiger partial charge >= 0.3 is 11.9 Å². The van der Waals surface area contributed by atoms with Crippen molar-refractivity contribution in [3.05, 3.63) is 80.3 Å². The highest BCUT2D eigenvalue weighted by atomic mass is 79.9. The monoisotopic (exact) mass is 556 g/mol. The molecule has 3 aromatic rings. The lowest BCUT2D eigenvalue weighted by Gasteiger charge is -2.23. The lowest BCUT2D eigenvalue weighted by Crippen LogP contribution is -2.29. The highest BCUT2D eigenvalue weighted by molar-refractivity contribution is 9.10. The number of carbonyl (C=O) groups is 3. The average molecular weight is 557 g/mol. The van der Waals surface area contributed by atoms with E-state index < -0.39 is 23.7 Å². The first-order valence-electron chi connectivity index (χ1n) is 10.6. The van der Waals surface area contributed by atoms with E-state index in [4.69, 9.17) is 9.47 Å². The molecule has 2 aromatic carbocycles. The van der Waals surface area contributed by atoms with Gasteiger partial charge in [-0.1, -0.05) is 51.5 Å². The highest BCUT2D eigenvalue weighted by Crippen LogP contribution is 2.44. The molecule has 2 heterocycles. The largest absolute Gasteiger partial charge is 0.507 e. The van der Waals surface area contributed by atoms with Gasteiger partial charge in [0.15, 0.2) is 5.13 Å². The zero-order valence-corrected chi connectivity index (χ0v) is 21.5. The Morgan fingerprint density at radius 1 is 1.20 bits per heavy atom. The molecular formula is C25H21BrN2O6S. The second-order valence-corrected chi connectivity index (χ2v) is 9.48. The second kappa shape index (κ2) is 10.0. The topological polar surface area (TPSA) is 106 Å². The number of anilines is 1. The van der Waals surface area contributed by atoms with Crippen molar-refractivity contribution in [3.63, 3.8) is 0 Å². The van der Waals surface area contributed by atoms with Crippen LogP contribution >= 0.6 is 27.3 Å². The predicted octanol–water partition coefficient (Wildman–Crippen LogP) is 5.03. The molecule has 0 spiro atoms. The van der Waals surface area contributed by atoms with Gasteiger partial charge in [-0.3, -0.25) is 14.5 Å². The van der Waals surface area contributed by atoms with Crippen LogP contribution in [0.4, 0.5) is 5.13 Å². The molecule has 180 valence electrons. The van der Waals surface area contributed by atoms with Gasteiger partial charge in [0.25, 0.3) is 5.78 Å². The summed E-state index contributed by atoms with van der Waals surface area (Å²) in [5.41, 5.74) is 1.21. The van der Waals surface area contributed by atoms with E-state index in [0.29, 0.717) is 29.2 Å². The maximum absolute atomic E-state index is 13.3. The second-order valence-electron chi connectivity index (χ2n) is 7.58. The van der Waals surface area contributed by atoms with Crippen LogP contribution in [-0.2, 0) is 14.3 Å². The average Bonchev–Trinajstić information content (AvgIpc) is 3.36. The Hall–Kier alpha value is -3.50. The third kappa shape index (κ3) is 4.59. The molecule has 0 radical (unpaired) electrons. The van der Waals surface area contributed by atoms with Gasteiger partial charge in [0, 0.05) is 10.0 Å². The number of hydrogen-bond acceptors (Lipinski definition) is 8. The van der Waals surface area contributed by atoms with Crippen molar-refractivity contribution < 1.29 is 29.0 Å². The van der Waals surface area contributed by atoms with Crippen LogP contribution in [0.15, 0.2) is 58.6 Å². The van der Waals surface area contributed by atoms with E-state index in [0.717, 1.165) is 15.8 Å². The standard InChI is InChI=1S/C25H21BrN2O6S/c1-4-34-17-7-5-6-15(12-17)20(29)18-19(14-8-10-16(26)11-9-14)28(23(31)21(18)30)25-27-13(2)22(35-25)24(32)33-3/h5-12,19,29H,4H2,1-3H3. The summed E-state index contributed by atoms with van der Waals surface area (Å²) in [6.07, 6.45) is 0. The van der Waals surface area contributed by atoms with Gasteiger partial charge in [-0.15, -0.1) is 0 Å². The Balaban J connectivity index is 1.92. The number of thiazole rings is 1. The predicted molar refractivity (Wildman–Crippen MR) is 135 cm³/mol. The smallest absolute Gasteiger partial charge is 0.350 e. The highest BCUT2D eigenvalue weighted by Gasteiger charge is 2.48. The number of amides is 1. The third-order valence-electron chi connectivity index (χ3n) is 5.41. The van der Waals surface area contributed by atoms with E-state index >= 15 is 0 Å². The van der Waals surface area contributed by atoms with E-state index in [1.54, 1.807) is 55.5 Å². The van der Waals surface area contributed by atoms with Crippen LogP contribution < -0.4 is 9.64 Å². The summed E-state index contributed by atoms with van der Waals surface area (Å²) in [7, 11) is 1.26. The van der Waals surface area contributed by atoms with Gasteiger partial charge < -0.3 is 14.6 Å². The molecule has 1 aromatic heterocycles. The number of carbonyl (C=O) groups excluding carboxylic acids is 3. The Kier molecular flexibility index (Phi) is 7.04. The summed E-state index contributed by atoms with van der Waals surface area (Å²) in [6.45, 7) is 3.89. The SMILES string of the molecule is CCOc1cccc(C(O)=C2C(=O)C(=O)N(c3nc(C)c(C(=O)OC)s3)C2c2ccc(Br)cc2)c1. The fourth-order valence-corrected chi connectivity index (χ4v) is 5.09. The number of aliphatic hydroxyl groups is 1. The normalized spacial score (nSPS) is 17.0. The first-order valence-corrected chi connectivity index (χ1v) is 12.2. The molecule has 1 aliphatic rings. The van der Waals surface area contributed by atoms with Gasteiger partial charge in [0.2, 0.25) is 0 Å². The number of aliphatic hydroxyl groups excluding tert-OH is 1. The van der Waals surface area contributed by atoms with E-state index in [-0.39, 0.29) is 21.3 Å². The number of halogens is 1. The van der Waals surface area contributed by atoms with Crippen LogP contribution in [0.1, 0.15) is 39.5 Å². The number of aryl methyl sites for hydroxylation is 1. The molecule has 8 nitrogen and oxygen atoms in total. The number of ether oxygens (including phenoxy) is 2. The van der Waals surface area contributed by atoms with Crippen LogP contribution in [0.25, 0.3) is 5.76 Å². The summed E-state index contributed by atoms with van der Waals surface area (Å²) < 4.78 is 11.1. The molecule has 1 atom stereocenters. The van der Waals surface area contributed by atoms with E-state index in [1.165, 1.54) is 12.0 Å². The van der Waals surface area contributed by atoms with Crippen molar-refractivity contribution >= 4 is 55.8 Å². The van der Waals surface area contributed by atoms with Crippen LogP contribution in [0.3, 0.4) is 0 Å². The number of benzene rings is 2. The van der Waals surface area contributed by atoms with Crippen molar-refractivity contribution in [1.29, 1.82) is 0 Å². The van der Waals surface area contributed by atoms with Crippen molar-refractivity contribution in [2.75, 3.05) is 18.6 Å². The molecule has 1 saturated heterocycles. The number of esters is 1. The summed E-state index contributed by atoms with van der Waals surface area (Å²) in [6, 6.07) is 12.7. The lowest BCUT2D eigenvalue weighted by molar-refractivity contribution is -0.132. The summed E-state index contributed by atoms with van der Waals surface area (Å²) in [5.74, 6) is -2.11. The number of methoxy groups -OCH3 is 1. The minimum atomic E-state index is -0.963. The molecule has 10 heteroatoms. The van der Waals surface area contributed by atoms with Crippen LogP contribution in [0.5, 0.6) is 5.75 Å². The fraction of sp³-hybridized carbons (Fsp3) is 0.200. The molecule has 0 saturated carbocycles. The van der Waals surface area contributed by atoms with Gasteiger partial charge in [0.1, 0.15) is 16.4 Å². The van der Waals surface area contributed by atoms with Crippen molar-refractivity contribution in [2.45, 2.75) is 19.9 Å². The number of Topliss-reactive ketones (excluding diaryl/α,β-unsaturated/α-hetero) is 1. The van der Waals surface area contributed by atoms with Crippen molar-refractivity contribution in [3.8, 4) is 5.75 Å². The Bertz CT molecular complexity index is 1350. The molecule has 1 N–H and O–H groups in total. The summed E-state index contributed by atoms with van der Waals surface area (Å²) >= 11 is 4.34. The summed E-state index contributed by atoms with van der Waals surface area (Å²) in [5, 5.41) is 11.4. The van der Waals surface area contributed by atoms with Crippen LogP contribution in [0.2, 0.25) is 0 Å². The molecule has 1 amide bonds. The van der Waals surface area contributed by atoms with Crippen molar-refractivity contribution in [1.82, 2.24) is 4.98 Å². The fourth-order valence-electron chi connectivity index (χ4n) is 3.81. The Labute approximate surface area is 213 Å². The molecule has 1 fully saturated rings. The lowest BCUT2D eigenvalue weighted by atomic mass is 9.95. The van der Waals surface area contributed by atoms with E-state index in [9.17, 15) is 19.5 Å². The zero-order chi connectivity index (χ0) is 25.3. The minimum absolute atomic E-state index is 0.0848. The van der Waals surface area contributed by atoms with Crippen LogP contribution in [0, 0.1) is 6.92 Å². The first-order chi connectivity index (χ1) is 16.8. The van der Waals surface area contributed by atoms with E-state index in [2.05, 4.69) is 20.9 Å². The molecule has 1 aliphatic heterocycles. The van der Waals surface area contributed by atoms with Crippen LogP contribution in [-0.4, -0.2) is 41.5 Å². The van der Waals surface area contributed by atoms with Gasteiger partial charge in [-0.2, -0.15) is 0 Å². The number of ketones is 1. The summed E-state index contributed by atoms with van der Waals surface area (Å²) in [4.78, 5) is 44.5. The number of nitrogens with zero attached hydrogens (tertiary/aromatic N) is 2. The molecule has 0 aliphatic carbocycles. The van der Waals surface area contributed by atoms with Crippen molar-refractivity contribution in [2.24, 2.45) is 0 Å². The van der Waals surface area contributed by atoms with Gasteiger partial charge in [-0.05, 0) is 43.7 Å². The maximum atomic E-state index is 13.3. The number of hydrogen-bond donors (Lipinski definition) is 1. The third-order valence-corrected chi connectivity index (χ3v) is 7.08. The first kappa shape index (κ1) is 24.6. The zero-order valence-electron chi connectivity index (χ0n) is 19.1. The minimum Gasteiger partial charge on any atom is -0.507 e. The molecule has 0 bridgehead atoms. The Morgan fingerprint density at radius 3 is 2.57 bits per heavy atom. The number of rotatable bonds is 6. The van der Waals surface area contributed by atoms with E-state index in [1.807, 2.05) is 6.92 Å². The quantitative estimate of drug-likeness (QED) is 0.196. The van der Waals surface area contributed by atoms with Gasteiger partial charge in [0.05, 0.1) is 31.0 Å². The number of aromatic nitrogens is 1. The molecule has 35 heavy (non-hydrogen) atoms. The maximum Gasteiger partial charge on any atom is 0.350 e. The van der Waals surface area contributed by atoms with Gasteiger partial charge in [-0.25, -0.2) is 9.78 Å². The Morgan fingerprint density at radius 2 is 1.91 bits per heavy atom.